The second kappa shape index (κ2) is 8.20. The molecule has 0 aliphatic carbocycles. The summed E-state index contributed by atoms with van der Waals surface area (Å²) >= 11 is 6.37. The van der Waals surface area contributed by atoms with E-state index in [0.29, 0.717) is 23.0 Å². The van der Waals surface area contributed by atoms with Crippen LogP contribution in [0.2, 0.25) is 5.02 Å². The molecular weight excluding hydrogens is 440 g/mol. The maximum atomic E-state index is 12.3. The van der Waals surface area contributed by atoms with Crippen LogP contribution in [0.15, 0.2) is 59.4 Å². The van der Waals surface area contributed by atoms with E-state index in [1.54, 1.807) is 31.8 Å². The fourth-order valence-corrected chi connectivity index (χ4v) is 4.30. The summed E-state index contributed by atoms with van der Waals surface area (Å²) in [6.45, 7) is 0.340. The molecule has 0 amide bonds. The largest absolute Gasteiger partial charge is 0.495 e. The van der Waals surface area contributed by atoms with Crippen molar-refractivity contribution in [3.05, 3.63) is 71.4 Å². The number of rotatable bonds is 7. The Morgan fingerprint density at radius 2 is 2.03 bits per heavy atom. The Labute approximate surface area is 184 Å². The van der Waals surface area contributed by atoms with E-state index in [1.165, 1.54) is 6.07 Å². The number of halogens is 1. The van der Waals surface area contributed by atoms with Gasteiger partial charge in [-0.1, -0.05) is 17.7 Å². The van der Waals surface area contributed by atoms with Gasteiger partial charge in [0.25, 0.3) is 0 Å². The molecule has 31 heavy (non-hydrogen) atoms. The number of hydrogen-bond donors (Lipinski definition) is 0. The smallest absolute Gasteiger partial charge is 0.196 e. The number of methoxy groups -OCH3 is 1. The quantitative estimate of drug-likeness (QED) is 0.385. The number of fused-ring (bicyclic) bond motifs is 1. The molecule has 3 heterocycles. The van der Waals surface area contributed by atoms with Crippen molar-refractivity contribution in [2.45, 2.75) is 6.54 Å². The summed E-state index contributed by atoms with van der Waals surface area (Å²) in [6.07, 6.45) is 4.26. The molecule has 0 saturated heterocycles. The van der Waals surface area contributed by atoms with Crippen molar-refractivity contribution in [1.82, 2.24) is 9.55 Å². The van der Waals surface area contributed by atoms with Crippen molar-refractivity contribution in [2.75, 3.05) is 19.1 Å². The van der Waals surface area contributed by atoms with Crippen LogP contribution in [0.1, 0.15) is 16.2 Å². The number of carbonyl (C=O) groups is 1. The van der Waals surface area contributed by atoms with Gasteiger partial charge >= 0.3 is 0 Å². The Morgan fingerprint density at radius 1 is 1.23 bits per heavy atom. The topological polar surface area (TPSA) is 91.4 Å². The number of benzene rings is 1. The Morgan fingerprint density at radius 3 is 2.71 bits per heavy atom. The Kier molecular flexibility index (Phi) is 5.60. The van der Waals surface area contributed by atoms with E-state index in [4.69, 9.17) is 20.8 Å². The minimum Gasteiger partial charge on any atom is -0.495 e. The van der Waals surface area contributed by atoms with Crippen LogP contribution in [0.5, 0.6) is 5.75 Å². The summed E-state index contributed by atoms with van der Waals surface area (Å²) in [5, 5.41) is 1.39. The highest BCUT2D eigenvalue weighted by atomic mass is 35.5. The Bertz CT molecular complexity index is 1370. The third-order valence-electron chi connectivity index (χ3n) is 4.80. The number of ketones is 1. The molecule has 4 rings (SSSR count). The molecule has 0 fully saturated rings. The molecule has 0 N–H and O–H groups in total. The predicted octanol–water partition coefficient (Wildman–Crippen LogP) is 4.23. The number of ether oxygens (including phenoxy) is 1. The maximum Gasteiger partial charge on any atom is 0.196 e. The van der Waals surface area contributed by atoms with Crippen LogP contribution in [-0.4, -0.2) is 42.9 Å². The summed E-state index contributed by atoms with van der Waals surface area (Å²) in [5.41, 5.74) is 3.33. The number of sulfone groups is 1. The molecule has 0 aliphatic rings. The van der Waals surface area contributed by atoms with Crippen molar-refractivity contribution >= 4 is 38.1 Å². The van der Waals surface area contributed by atoms with Crippen LogP contribution >= 0.6 is 11.6 Å². The highest BCUT2D eigenvalue weighted by Crippen LogP contribution is 2.35. The lowest BCUT2D eigenvalue weighted by Gasteiger charge is -2.11. The number of pyridine rings is 1. The summed E-state index contributed by atoms with van der Waals surface area (Å²) in [5.74, 6) is -0.549. The Balaban J connectivity index is 1.79. The number of aromatic nitrogens is 2. The number of hydrogen-bond acceptors (Lipinski definition) is 6. The fraction of sp³-hybridized carbons (Fsp3) is 0.182. The van der Waals surface area contributed by atoms with Crippen LogP contribution in [0, 0.1) is 0 Å². The van der Waals surface area contributed by atoms with E-state index >= 15 is 0 Å². The first kappa shape index (κ1) is 21.1. The molecule has 160 valence electrons. The van der Waals surface area contributed by atoms with Crippen LogP contribution in [0.3, 0.4) is 0 Å². The van der Waals surface area contributed by atoms with Crippen LogP contribution in [0.25, 0.3) is 22.2 Å². The predicted molar refractivity (Wildman–Crippen MR) is 119 cm³/mol. The lowest BCUT2D eigenvalue weighted by Crippen LogP contribution is -2.16. The van der Waals surface area contributed by atoms with Gasteiger partial charge in [0.1, 0.15) is 17.2 Å². The Hall–Kier alpha value is -3.10. The van der Waals surface area contributed by atoms with Gasteiger partial charge < -0.3 is 13.7 Å². The second-order valence-electron chi connectivity index (χ2n) is 7.18. The van der Waals surface area contributed by atoms with Crippen molar-refractivity contribution in [3.8, 4) is 17.0 Å². The molecule has 1 aromatic carbocycles. The number of Topliss-reactive ketones (excluding diaryl/α,β-unsaturated/α-hetero) is 1. The van der Waals surface area contributed by atoms with Crippen LogP contribution < -0.4 is 4.74 Å². The van der Waals surface area contributed by atoms with Crippen LogP contribution in [0.4, 0.5) is 0 Å². The summed E-state index contributed by atoms with van der Waals surface area (Å²) in [6, 6.07) is 12.5. The zero-order valence-electron chi connectivity index (χ0n) is 16.8. The third-order valence-corrected chi connectivity index (χ3v) is 5.88. The minimum atomic E-state index is -3.44. The highest BCUT2D eigenvalue weighted by Gasteiger charge is 2.18. The molecule has 0 unspecified atom stereocenters. The zero-order chi connectivity index (χ0) is 22.2. The third kappa shape index (κ3) is 4.50. The molecule has 4 aromatic rings. The van der Waals surface area contributed by atoms with Crippen molar-refractivity contribution in [2.24, 2.45) is 0 Å². The number of nitrogens with zero attached hydrogens (tertiary/aromatic N) is 2. The fourth-order valence-electron chi connectivity index (χ4n) is 3.44. The van der Waals surface area contributed by atoms with Crippen molar-refractivity contribution in [1.29, 1.82) is 0 Å². The highest BCUT2D eigenvalue weighted by molar-refractivity contribution is 7.91. The average molecular weight is 459 g/mol. The molecule has 3 aromatic heterocycles. The normalized spacial score (nSPS) is 11.7. The van der Waals surface area contributed by atoms with Crippen LogP contribution in [-0.2, 0) is 16.4 Å². The van der Waals surface area contributed by atoms with Gasteiger partial charge in [0.2, 0.25) is 0 Å². The van der Waals surface area contributed by atoms with E-state index < -0.39 is 21.4 Å². The minimum absolute atomic E-state index is 0.115. The first-order valence-corrected chi connectivity index (χ1v) is 11.8. The first-order valence-electron chi connectivity index (χ1n) is 9.31. The molecule has 9 heteroatoms. The van der Waals surface area contributed by atoms with Gasteiger partial charge in [-0.15, -0.1) is 0 Å². The van der Waals surface area contributed by atoms with Crippen molar-refractivity contribution < 1.29 is 22.4 Å². The van der Waals surface area contributed by atoms with E-state index in [-0.39, 0.29) is 5.69 Å². The van der Waals surface area contributed by atoms with Gasteiger partial charge in [0.15, 0.2) is 15.6 Å². The van der Waals surface area contributed by atoms with Gasteiger partial charge in [0.05, 0.1) is 48.1 Å². The van der Waals surface area contributed by atoms with Crippen molar-refractivity contribution in [3.63, 3.8) is 0 Å². The summed E-state index contributed by atoms with van der Waals surface area (Å²) in [7, 11) is -1.88. The van der Waals surface area contributed by atoms with Gasteiger partial charge in [0, 0.05) is 17.2 Å². The summed E-state index contributed by atoms with van der Waals surface area (Å²) < 4.78 is 35.6. The van der Waals surface area contributed by atoms with E-state index in [0.717, 1.165) is 28.4 Å². The molecule has 7 nitrogen and oxygen atoms in total. The SMILES string of the molecule is COc1cc2cc(-c3ccoc3)n(Cc3cccc(C(=O)CS(C)(=O)=O)n3)c2cc1Cl. The second-order valence-corrected chi connectivity index (χ2v) is 9.73. The molecule has 0 spiro atoms. The standard InChI is InChI=1S/C22H19ClN2O5S/c1-29-22-9-15-8-19(14-6-7-30-12-14)25(20(15)10-17(22)23)11-16-4-3-5-18(24-16)21(26)13-31(2,27)28/h3-10,12H,11,13H2,1-2H3. The van der Waals surface area contributed by atoms with E-state index in [9.17, 15) is 13.2 Å². The molecular formula is C22H19ClN2O5S. The van der Waals surface area contributed by atoms with Gasteiger partial charge in [-0.05, 0) is 36.4 Å². The summed E-state index contributed by atoms with van der Waals surface area (Å²) in [4.78, 5) is 16.7. The van der Waals surface area contributed by atoms with Gasteiger partial charge in [-0.2, -0.15) is 0 Å². The molecule has 0 aliphatic heterocycles. The van der Waals surface area contributed by atoms with E-state index in [2.05, 4.69) is 4.98 Å². The average Bonchev–Trinajstić information content (AvgIpc) is 3.35. The lowest BCUT2D eigenvalue weighted by atomic mass is 10.2. The lowest BCUT2D eigenvalue weighted by molar-refractivity contribution is 0.101. The molecule has 0 bridgehead atoms. The van der Waals surface area contributed by atoms with Gasteiger partial charge in [-0.25, -0.2) is 13.4 Å². The maximum absolute atomic E-state index is 12.3. The molecule has 0 radical (unpaired) electrons. The number of furan rings is 1. The molecule has 0 atom stereocenters. The number of carbonyl (C=O) groups excluding carboxylic acids is 1. The first-order chi connectivity index (χ1) is 14.7. The monoisotopic (exact) mass is 458 g/mol. The zero-order valence-corrected chi connectivity index (χ0v) is 18.4. The van der Waals surface area contributed by atoms with Gasteiger partial charge in [-0.3, -0.25) is 4.79 Å². The van der Waals surface area contributed by atoms with E-state index in [1.807, 2.05) is 28.8 Å². The molecule has 0 saturated carbocycles.